The summed E-state index contributed by atoms with van der Waals surface area (Å²) < 4.78 is 27.3. The number of aliphatic hydroxyl groups is 2. The predicted octanol–water partition coefficient (Wildman–Crippen LogP) is 4.17. The maximum atomic E-state index is 13.7. The van der Waals surface area contributed by atoms with Crippen molar-refractivity contribution in [1.29, 1.82) is 0 Å². The maximum Gasteiger partial charge on any atom is 0.217 e. The van der Waals surface area contributed by atoms with Crippen LogP contribution in [-0.2, 0) is 11.2 Å². The number of halogens is 2. The van der Waals surface area contributed by atoms with E-state index in [-0.39, 0.29) is 30.8 Å². The van der Waals surface area contributed by atoms with E-state index in [1.165, 1.54) is 30.2 Å². The first-order valence-electron chi connectivity index (χ1n) is 12.4. The first-order chi connectivity index (χ1) is 16.4. The average molecular weight is 489 g/mol. The predicted molar refractivity (Wildman–Crippen MR) is 133 cm³/mol. The van der Waals surface area contributed by atoms with Crippen LogP contribution in [0.1, 0.15) is 75.5 Å². The molecule has 5 nitrogen and oxygen atoms in total. The molecule has 1 amide bonds. The molecule has 3 rings (SSSR count). The molecule has 1 aliphatic rings. The van der Waals surface area contributed by atoms with E-state index >= 15 is 0 Å². The fourth-order valence-corrected chi connectivity index (χ4v) is 5.09. The molecule has 5 atom stereocenters. The molecular weight excluding hydrogens is 450 g/mol. The molecule has 4 N–H and O–H groups in total. The third-order valence-electron chi connectivity index (χ3n) is 6.97. The van der Waals surface area contributed by atoms with Crippen LogP contribution in [0, 0.1) is 11.6 Å². The van der Waals surface area contributed by atoms with Gasteiger partial charge in [0.1, 0.15) is 11.6 Å². The lowest BCUT2D eigenvalue weighted by atomic mass is 9.73. The Labute approximate surface area is 207 Å². The van der Waals surface area contributed by atoms with E-state index in [0.717, 1.165) is 12.5 Å². The quantitative estimate of drug-likeness (QED) is 0.427. The van der Waals surface area contributed by atoms with Gasteiger partial charge >= 0.3 is 0 Å². The van der Waals surface area contributed by atoms with E-state index in [9.17, 15) is 23.8 Å². The second-order valence-corrected chi connectivity index (χ2v) is 10.5. The van der Waals surface area contributed by atoms with E-state index in [2.05, 4.69) is 48.7 Å². The molecule has 2 aromatic carbocycles. The third-order valence-corrected chi connectivity index (χ3v) is 6.97. The Bertz CT molecular complexity index is 991. The van der Waals surface area contributed by atoms with Crippen molar-refractivity contribution in [2.45, 2.75) is 89.0 Å². The smallest absolute Gasteiger partial charge is 0.217 e. The van der Waals surface area contributed by atoms with Crippen molar-refractivity contribution in [1.82, 2.24) is 10.6 Å². The number of amides is 1. The number of carbonyl (C=O) groups excluding carboxylic acids is 1. The van der Waals surface area contributed by atoms with E-state index < -0.39 is 29.4 Å². The molecule has 1 fully saturated rings. The first kappa shape index (κ1) is 27.2. The number of aliphatic hydroxyl groups excluding tert-OH is 1. The van der Waals surface area contributed by atoms with E-state index in [1.807, 2.05) is 6.92 Å². The Kier molecular flexibility index (Phi) is 9.02. The van der Waals surface area contributed by atoms with Crippen LogP contribution in [0.15, 0.2) is 42.5 Å². The van der Waals surface area contributed by atoms with Crippen LogP contribution < -0.4 is 10.6 Å². The number of rotatable bonds is 9. The number of hydrogen-bond acceptors (Lipinski definition) is 4. The number of hydrogen-bond donors (Lipinski definition) is 4. The van der Waals surface area contributed by atoms with Gasteiger partial charge in [-0.1, -0.05) is 38.1 Å². The summed E-state index contributed by atoms with van der Waals surface area (Å²) in [7, 11) is 0. The zero-order chi connectivity index (χ0) is 25.8. The highest BCUT2D eigenvalue weighted by molar-refractivity contribution is 5.73. The lowest BCUT2D eigenvalue weighted by molar-refractivity contribution is -0.120. The highest BCUT2D eigenvalue weighted by Gasteiger charge is 2.37. The number of carbonyl (C=O) groups is 1. The van der Waals surface area contributed by atoms with Crippen LogP contribution in [-0.4, -0.2) is 46.5 Å². The van der Waals surface area contributed by atoms with Gasteiger partial charge in [0.25, 0.3) is 0 Å². The third kappa shape index (κ3) is 7.82. The van der Waals surface area contributed by atoms with Crippen LogP contribution in [0.4, 0.5) is 8.78 Å². The molecule has 192 valence electrons. The monoisotopic (exact) mass is 488 g/mol. The molecule has 0 heterocycles. The summed E-state index contributed by atoms with van der Waals surface area (Å²) in [4.78, 5) is 11.8. The Morgan fingerprint density at radius 2 is 1.86 bits per heavy atom. The zero-order valence-electron chi connectivity index (χ0n) is 21.0. The van der Waals surface area contributed by atoms with Crippen molar-refractivity contribution in [2.75, 3.05) is 6.54 Å². The van der Waals surface area contributed by atoms with Crippen molar-refractivity contribution >= 4 is 5.91 Å². The zero-order valence-corrected chi connectivity index (χ0v) is 21.0. The second-order valence-electron chi connectivity index (χ2n) is 10.5. The molecule has 0 spiro atoms. The minimum absolute atomic E-state index is 0.0827. The highest BCUT2D eigenvalue weighted by Crippen LogP contribution is 2.38. The SMILES string of the molecule is CC(=O)NC(Cc1cc(F)cc(F)c1)C(O)CNC1CC(C)(O)CCC1c1cccc(C(C)C)c1. The van der Waals surface area contributed by atoms with Crippen LogP contribution in [0.3, 0.4) is 0 Å². The van der Waals surface area contributed by atoms with Gasteiger partial charge in [0.05, 0.1) is 17.7 Å². The van der Waals surface area contributed by atoms with Crippen molar-refractivity contribution in [3.05, 3.63) is 70.8 Å². The molecule has 5 unspecified atom stereocenters. The molecule has 35 heavy (non-hydrogen) atoms. The molecule has 0 bridgehead atoms. The van der Waals surface area contributed by atoms with E-state index in [0.29, 0.717) is 24.3 Å². The Hall–Kier alpha value is -2.35. The molecule has 0 aliphatic heterocycles. The van der Waals surface area contributed by atoms with Gasteiger partial charge in [-0.05, 0) is 73.3 Å². The fraction of sp³-hybridized carbons (Fsp3) is 0.536. The Morgan fingerprint density at radius 1 is 1.17 bits per heavy atom. The van der Waals surface area contributed by atoms with Crippen LogP contribution >= 0.6 is 0 Å². The molecule has 1 saturated carbocycles. The minimum atomic E-state index is -1.00. The topological polar surface area (TPSA) is 81.6 Å². The molecule has 7 heteroatoms. The number of benzene rings is 2. The fourth-order valence-electron chi connectivity index (χ4n) is 5.09. The van der Waals surface area contributed by atoms with Crippen molar-refractivity contribution in [3.63, 3.8) is 0 Å². The summed E-state index contributed by atoms with van der Waals surface area (Å²) in [6.07, 6.45) is 1.10. The summed E-state index contributed by atoms with van der Waals surface area (Å²) in [6.45, 7) is 7.64. The lowest BCUT2D eigenvalue weighted by Gasteiger charge is -2.41. The van der Waals surface area contributed by atoms with Gasteiger partial charge in [0.2, 0.25) is 5.91 Å². The molecule has 0 saturated heterocycles. The van der Waals surface area contributed by atoms with Crippen LogP contribution in [0.5, 0.6) is 0 Å². The normalized spacial score (nSPS) is 24.3. The van der Waals surface area contributed by atoms with E-state index in [4.69, 9.17) is 0 Å². The summed E-state index contributed by atoms with van der Waals surface area (Å²) in [5.41, 5.74) is 1.99. The van der Waals surface area contributed by atoms with Crippen molar-refractivity contribution in [2.24, 2.45) is 0 Å². The summed E-state index contributed by atoms with van der Waals surface area (Å²) >= 11 is 0. The molecular formula is C28H38F2N2O3. The maximum absolute atomic E-state index is 13.7. The highest BCUT2D eigenvalue weighted by atomic mass is 19.1. The summed E-state index contributed by atoms with van der Waals surface area (Å²) in [5, 5.41) is 27.9. The van der Waals surface area contributed by atoms with Crippen LogP contribution in [0.2, 0.25) is 0 Å². The van der Waals surface area contributed by atoms with Gasteiger partial charge in [-0.25, -0.2) is 8.78 Å². The van der Waals surface area contributed by atoms with Gasteiger partial charge in [-0.2, -0.15) is 0 Å². The minimum Gasteiger partial charge on any atom is -0.390 e. The van der Waals surface area contributed by atoms with Crippen molar-refractivity contribution < 1.29 is 23.8 Å². The molecule has 2 aromatic rings. The van der Waals surface area contributed by atoms with Crippen molar-refractivity contribution in [3.8, 4) is 0 Å². The lowest BCUT2D eigenvalue weighted by Crippen LogP contribution is -2.52. The van der Waals surface area contributed by atoms with Gasteiger partial charge < -0.3 is 20.8 Å². The Balaban J connectivity index is 1.75. The standard InChI is InChI=1S/C28H38F2N2O3/c1-17(2)20-6-5-7-21(13-20)24-8-9-28(4,35)15-26(24)31-16-27(34)25(32-18(3)33)12-19-10-22(29)14-23(30)11-19/h5-7,10-11,13-14,17,24-27,31,34-35H,8-9,12,15-16H2,1-4H3,(H,32,33). The molecule has 0 radical (unpaired) electrons. The van der Waals surface area contributed by atoms with Gasteiger partial charge in [0, 0.05) is 25.6 Å². The molecule has 1 aliphatic carbocycles. The Morgan fingerprint density at radius 3 is 2.49 bits per heavy atom. The number of nitrogens with one attached hydrogen (secondary N) is 2. The van der Waals surface area contributed by atoms with Crippen LogP contribution in [0.25, 0.3) is 0 Å². The van der Waals surface area contributed by atoms with E-state index in [1.54, 1.807) is 0 Å². The largest absolute Gasteiger partial charge is 0.390 e. The van der Waals surface area contributed by atoms with Gasteiger partial charge in [-0.3, -0.25) is 4.79 Å². The summed E-state index contributed by atoms with van der Waals surface area (Å²) in [6, 6.07) is 10.9. The molecule has 0 aromatic heterocycles. The average Bonchev–Trinajstić information content (AvgIpc) is 2.75. The van der Waals surface area contributed by atoms with Gasteiger partial charge in [0.15, 0.2) is 0 Å². The summed E-state index contributed by atoms with van der Waals surface area (Å²) in [5.74, 6) is -1.18. The second kappa shape index (κ2) is 11.6. The van der Waals surface area contributed by atoms with Gasteiger partial charge in [-0.15, -0.1) is 0 Å². The first-order valence-corrected chi connectivity index (χ1v) is 12.4.